The van der Waals surface area contributed by atoms with Gasteiger partial charge in [-0.3, -0.25) is 4.79 Å². The van der Waals surface area contributed by atoms with Crippen molar-refractivity contribution in [2.24, 2.45) is 11.7 Å². The average Bonchev–Trinajstić information content (AvgIpc) is 3.08. The van der Waals surface area contributed by atoms with E-state index in [1.54, 1.807) is 0 Å². The highest BCUT2D eigenvalue weighted by Gasteiger charge is 2.39. The second kappa shape index (κ2) is 5.53. The van der Waals surface area contributed by atoms with Gasteiger partial charge in [-0.15, -0.1) is 0 Å². The maximum atomic E-state index is 11.9. The third kappa shape index (κ3) is 3.33. The van der Waals surface area contributed by atoms with Crippen LogP contribution in [0.15, 0.2) is 30.3 Å². The molecule has 3 N–H and O–H groups in total. The number of nitrogens with one attached hydrogen (secondary N) is 1. The van der Waals surface area contributed by atoms with Gasteiger partial charge < -0.3 is 11.1 Å². The Morgan fingerprint density at radius 2 is 2.06 bits per heavy atom. The van der Waals surface area contributed by atoms with Crippen molar-refractivity contribution in [3.05, 3.63) is 35.9 Å². The van der Waals surface area contributed by atoms with Crippen LogP contribution in [0.4, 0.5) is 0 Å². The lowest BCUT2D eigenvalue weighted by Crippen LogP contribution is -2.42. The van der Waals surface area contributed by atoms with Gasteiger partial charge in [-0.05, 0) is 24.3 Å². The average molecular weight is 246 g/mol. The standard InChI is InChI=1S/C15H22N2O/c1-10(2)8-13(16)15(18)17-14-9-12(14)11-6-4-3-5-7-11/h3-7,10,12-14H,8-9,16H2,1-2H3,(H,17,18)/t12-,13+,14+/m1/s1. The molecule has 98 valence electrons. The van der Waals surface area contributed by atoms with E-state index in [0.29, 0.717) is 11.8 Å². The van der Waals surface area contributed by atoms with Crippen LogP contribution in [-0.2, 0) is 4.79 Å². The van der Waals surface area contributed by atoms with Crippen molar-refractivity contribution in [2.75, 3.05) is 0 Å². The Bertz CT molecular complexity index is 402. The first-order valence-electron chi connectivity index (χ1n) is 6.69. The van der Waals surface area contributed by atoms with Crippen LogP contribution in [0, 0.1) is 5.92 Å². The van der Waals surface area contributed by atoms with Crippen molar-refractivity contribution in [1.82, 2.24) is 5.32 Å². The maximum Gasteiger partial charge on any atom is 0.237 e. The number of carbonyl (C=O) groups excluding carboxylic acids is 1. The van der Waals surface area contributed by atoms with Gasteiger partial charge in [-0.1, -0.05) is 44.2 Å². The summed E-state index contributed by atoms with van der Waals surface area (Å²) in [6.07, 6.45) is 1.78. The Morgan fingerprint density at radius 1 is 1.39 bits per heavy atom. The number of nitrogens with two attached hydrogens (primary N) is 1. The molecule has 1 fully saturated rings. The molecule has 0 saturated heterocycles. The van der Waals surface area contributed by atoms with E-state index in [4.69, 9.17) is 5.73 Å². The number of carbonyl (C=O) groups is 1. The highest BCUT2D eigenvalue weighted by molar-refractivity contribution is 5.82. The highest BCUT2D eigenvalue weighted by Crippen LogP contribution is 2.40. The molecule has 3 heteroatoms. The quantitative estimate of drug-likeness (QED) is 0.835. The summed E-state index contributed by atoms with van der Waals surface area (Å²) in [5.74, 6) is 0.920. The molecule has 18 heavy (non-hydrogen) atoms. The van der Waals surface area contributed by atoms with Gasteiger partial charge in [0.2, 0.25) is 5.91 Å². The Hall–Kier alpha value is -1.35. The molecule has 3 nitrogen and oxygen atoms in total. The number of amides is 1. The van der Waals surface area contributed by atoms with Crippen molar-refractivity contribution >= 4 is 5.91 Å². The fraction of sp³-hybridized carbons (Fsp3) is 0.533. The number of benzene rings is 1. The SMILES string of the molecule is CC(C)C[C@H](N)C(=O)N[C@H]1C[C@@H]1c1ccccc1. The molecule has 0 bridgehead atoms. The lowest BCUT2D eigenvalue weighted by atomic mass is 10.0. The van der Waals surface area contributed by atoms with Gasteiger partial charge in [0.15, 0.2) is 0 Å². The molecule has 3 atom stereocenters. The molecule has 0 spiro atoms. The molecule has 1 amide bonds. The Kier molecular flexibility index (Phi) is 4.02. The summed E-state index contributed by atoms with van der Waals surface area (Å²) >= 11 is 0. The van der Waals surface area contributed by atoms with E-state index in [1.807, 2.05) is 18.2 Å². The number of hydrogen-bond acceptors (Lipinski definition) is 2. The maximum absolute atomic E-state index is 11.9. The van der Waals surface area contributed by atoms with Gasteiger partial charge in [-0.25, -0.2) is 0 Å². The molecule has 1 aliphatic rings. The van der Waals surface area contributed by atoms with E-state index in [-0.39, 0.29) is 18.0 Å². The Labute approximate surface area is 109 Å². The summed E-state index contributed by atoms with van der Waals surface area (Å²) in [6, 6.07) is 10.2. The van der Waals surface area contributed by atoms with Gasteiger partial charge in [0.05, 0.1) is 6.04 Å². The van der Waals surface area contributed by atoms with Gasteiger partial charge >= 0.3 is 0 Å². The normalized spacial score (nSPS) is 23.8. The van der Waals surface area contributed by atoms with E-state index in [1.165, 1.54) is 5.56 Å². The van der Waals surface area contributed by atoms with Crippen LogP contribution in [0.5, 0.6) is 0 Å². The molecule has 1 aromatic carbocycles. The molecule has 1 aliphatic carbocycles. The molecular weight excluding hydrogens is 224 g/mol. The summed E-state index contributed by atoms with van der Waals surface area (Å²) in [5, 5.41) is 3.04. The number of hydrogen-bond donors (Lipinski definition) is 2. The van der Waals surface area contributed by atoms with Crippen LogP contribution in [0.2, 0.25) is 0 Å². The second-order valence-electron chi connectivity index (χ2n) is 5.60. The third-order valence-corrected chi connectivity index (χ3v) is 3.41. The smallest absolute Gasteiger partial charge is 0.237 e. The minimum Gasteiger partial charge on any atom is -0.351 e. The van der Waals surface area contributed by atoms with Crippen LogP contribution in [0.1, 0.15) is 38.2 Å². The molecule has 0 radical (unpaired) electrons. The lowest BCUT2D eigenvalue weighted by molar-refractivity contribution is -0.122. The van der Waals surface area contributed by atoms with E-state index >= 15 is 0 Å². The predicted octanol–water partition coefficient (Wildman–Crippen LogP) is 2.03. The fourth-order valence-corrected chi connectivity index (χ4v) is 2.33. The summed E-state index contributed by atoms with van der Waals surface area (Å²) in [4.78, 5) is 11.9. The van der Waals surface area contributed by atoms with Crippen LogP contribution < -0.4 is 11.1 Å². The molecule has 0 aromatic heterocycles. The van der Waals surface area contributed by atoms with Gasteiger partial charge in [0, 0.05) is 12.0 Å². The van der Waals surface area contributed by atoms with Crippen molar-refractivity contribution in [1.29, 1.82) is 0 Å². The monoisotopic (exact) mass is 246 g/mol. The van der Waals surface area contributed by atoms with E-state index < -0.39 is 0 Å². The van der Waals surface area contributed by atoms with Crippen molar-refractivity contribution < 1.29 is 4.79 Å². The van der Waals surface area contributed by atoms with Crippen LogP contribution >= 0.6 is 0 Å². The second-order valence-corrected chi connectivity index (χ2v) is 5.60. The zero-order chi connectivity index (χ0) is 13.1. The summed E-state index contributed by atoms with van der Waals surface area (Å²) < 4.78 is 0. The largest absolute Gasteiger partial charge is 0.351 e. The van der Waals surface area contributed by atoms with Gasteiger partial charge in [0.1, 0.15) is 0 Å². The number of rotatable bonds is 5. The minimum atomic E-state index is -0.373. The van der Waals surface area contributed by atoms with Crippen molar-refractivity contribution in [2.45, 2.75) is 44.7 Å². The van der Waals surface area contributed by atoms with Crippen molar-refractivity contribution in [3.8, 4) is 0 Å². The molecule has 1 saturated carbocycles. The topological polar surface area (TPSA) is 55.1 Å². The highest BCUT2D eigenvalue weighted by atomic mass is 16.2. The first-order valence-corrected chi connectivity index (χ1v) is 6.69. The predicted molar refractivity (Wildman–Crippen MR) is 73.2 cm³/mol. The van der Waals surface area contributed by atoms with Gasteiger partial charge in [-0.2, -0.15) is 0 Å². The van der Waals surface area contributed by atoms with E-state index in [2.05, 4.69) is 31.3 Å². The summed E-state index contributed by atoms with van der Waals surface area (Å²) in [7, 11) is 0. The van der Waals surface area contributed by atoms with Crippen LogP contribution in [-0.4, -0.2) is 18.0 Å². The van der Waals surface area contributed by atoms with Gasteiger partial charge in [0.25, 0.3) is 0 Å². The summed E-state index contributed by atoms with van der Waals surface area (Å²) in [6.45, 7) is 4.16. The molecule has 1 aromatic rings. The first-order chi connectivity index (χ1) is 8.58. The van der Waals surface area contributed by atoms with Crippen molar-refractivity contribution in [3.63, 3.8) is 0 Å². The lowest BCUT2D eigenvalue weighted by Gasteiger charge is -2.14. The van der Waals surface area contributed by atoms with Crippen LogP contribution in [0.3, 0.4) is 0 Å². The molecule has 2 rings (SSSR count). The van der Waals surface area contributed by atoms with E-state index in [9.17, 15) is 4.79 Å². The molecule has 0 aliphatic heterocycles. The Morgan fingerprint density at radius 3 is 2.67 bits per heavy atom. The first kappa shape index (κ1) is 13.1. The zero-order valence-corrected chi connectivity index (χ0v) is 11.1. The van der Waals surface area contributed by atoms with E-state index in [0.717, 1.165) is 12.8 Å². The molecule has 0 heterocycles. The minimum absolute atomic E-state index is 0.00729. The molecular formula is C15H22N2O. The molecule has 0 unspecified atom stereocenters. The fourth-order valence-electron chi connectivity index (χ4n) is 2.33. The third-order valence-electron chi connectivity index (χ3n) is 3.41. The summed E-state index contributed by atoms with van der Waals surface area (Å²) in [5.41, 5.74) is 7.17. The Balaban J connectivity index is 1.81. The zero-order valence-electron chi connectivity index (χ0n) is 11.1. The van der Waals surface area contributed by atoms with Crippen LogP contribution in [0.25, 0.3) is 0 Å².